The second kappa shape index (κ2) is 2.09. The number of benzene rings is 1. The highest BCUT2D eigenvalue weighted by Crippen LogP contribution is 2.15. The van der Waals surface area contributed by atoms with Crippen molar-refractivity contribution in [1.82, 2.24) is 0 Å². The van der Waals surface area contributed by atoms with Crippen LogP contribution in [-0.2, 0) is 0 Å². The molecular weight excluding hydrogens is 112 g/mol. The first-order valence-corrected chi connectivity index (χ1v) is 2.82. The summed E-state index contributed by atoms with van der Waals surface area (Å²) in [4.78, 5) is 0. The molecule has 0 fully saturated rings. The van der Waals surface area contributed by atoms with E-state index in [2.05, 4.69) is 6.92 Å². The van der Waals surface area contributed by atoms with Gasteiger partial charge in [-0.15, -0.1) is 0 Å². The Morgan fingerprint density at radius 1 is 1.44 bits per heavy atom. The van der Waals surface area contributed by atoms with Gasteiger partial charge in [-0.2, -0.15) is 0 Å². The Labute approximate surface area is 55.0 Å². The van der Waals surface area contributed by atoms with Gasteiger partial charge in [0.05, 0.1) is 0 Å². The number of phenolic OH excluding ortho intramolecular Hbond substituents is 1. The molecule has 0 atom stereocenters. The largest absolute Gasteiger partial charge is 0.508 e. The molecule has 0 unspecified atom stereocenters. The summed E-state index contributed by atoms with van der Waals surface area (Å²) < 4.78 is 0. The molecule has 0 aromatic heterocycles. The van der Waals surface area contributed by atoms with Crippen LogP contribution in [0.2, 0.25) is 0 Å². The van der Waals surface area contributed by atoms with E-state index >= 15 is 0 Å². The molecule has 0 bridgehead atoms. The molecule has 1 aromatic carbocycles. The van der Waals surface area contributed by atoms with E-state index in [1.54, 1.807) is 6.07 Å². The molecule has 1 aromatic rings. The maximum atomic E-state index is 8.98. The zero-order valence-corrected chi connectivity index (χ0v) is 5.39. The lowest BCUT2D eigenvalue weighted by Crippen LogP contribution is -1.75. The van der Waals surface area contributed by atoms with Crippen LogP contribution in [0.5, 0.6) is 5.75 Å². The van der Waals surface area contributed by atoms with E-state index in [4.69, 9.17) is 5.11 Å². The highest BCUT2D eigenvalue weighted by Gasteiger charge is 1.91. The maximum absolute atomic E-state index is 8.98. The number of aryl methyl sites for hydroxylation is 1. The van der Waals surface area contributed by atoms with Gasteiger partial charge in [-0.1, -0.05) is 17.7 Å². The van der Waals surface area contributed by atoms with E-state index in [0.29, 0.717) is 5.56 Å². The van der Waals surface area contributed by atoms with Gasteiger partial charge < -0.3 is 5.11 Å². The minimum absolute atomic E-state index is 0.264. The van der Waals surface area contributed by atoms with E-state index < -0.39 is 0 Å². The minimum atomic E-state index is 0.264. The highest BCUT2D eigenvalue weighted by molar-refractivity contribution is 5.37. The predicted octanol–water partition coefficient (Wildman–Crippen LogP) is 1.88. The van der Waals surface area contributed by atoms with Crippen LogP contribution in [0, 0.1) is 13.8 Å². The average Bonchev–Trinajstić information content (AvgIpc) is 1.80. The van der Waals surface area contributed by atoms with E-state index in [1.807, 2.05) is 19.1 Å². The molecule has 1 nitrogen and oxygen atoms in total. The van der Waals surface area contributed by atoms with Gasteiger partial charge in [-0.3, -0.25) is 0 Å². The van der Waals surface area contributed by atoms with Gasteiger partial charge in [0.25, 0.3) is 0 Å². The van der Waals surface area contributed by atoms with E-state index in [9.17, 15) is 0 Å². The fourth-order valence-electron chi connectivity index (χ4n) is 0.714. The average molecular weight is 121 g/mol. The predicted molar refractivity (Wildman–Crippen MR) is 37.3 cm³/mol. The summed E-state index contributed by atoms with van der Waals surface area (Å²) >= 11 is 0. The summed E-state index contributed by atoms with van der Waals surface area (Å²) in [5.41, 5.74) is 1.81. The van der Waals surface area contributed by atoms with Gasteiger partial charge in [0.1, 0.15) is 5.75 Å². The Morgan fingerprint density at radius 3 is 2.56 bits per heavy atom. The minimum Gasteiger partial charge on any atom is -0.508 e. The molecule has 9 heavy (non-hydrogen) atoms. The summed E-state index contributed by atoms with van der Waals surface area (Å²) in [6.45, 7) is 5.60. The first-order chi connectivity index (χ1) is 4.20. The van der Waals surface area contributed by atoms with Crippen molar-refractivity contribution in [2.75, 3.05) is 0 Å². The molecule has 1 radical (unpaired) electrons. The van der Waals surface area contributed by atoms with Crippen LogP contribution in [0.25, 0.3) is 0 Å². The van der Waals surface area contributed by atoms with Crippen LogP contribution in [0.1, 0.15) is 11.1 Å². The van der Waals surface area contributed by atoms with E-state index in [1.165, 1.54) is 0 Å². The van der Waals surface area contributed by atoms with Gasteiger partial charge in [-0.25, -0.2) is 0 Å². The van der Waals surface area contributed by atoms with Crippen molar-refractivity contribution in [3.05, 3.63) is 36.2 Å². The highest BCUT2D eigenvalue weighted by atomic mass is 16.3. The molecule has 0 aliphatic carbocycles. The summed E-state index contributed by atoms with van der Waals surface area (Å²) in [6, 6.07) is 5.34. The molecule has 1 N–H and O–H groups in total. The van der Waals surface area contributed by atoms with Crippen LogP contribution in [0.3, 0.4) is 0 Å². The monoisotopic (exact) mass is 121 g/mol. The third-order valence-corrected chi connectivity index (χ3v) is 1.23. The lowest BCUT2D eigenvalue weighted by molar-refractivity contribution is 0.473. The molecule has 0 saturated carbocycles. The lowest BCUT2D eigenvalue weighted by atomic mass is 10.1. The fourth-order valence-corrected chi connectivity index (χ4v) is 0.714. The Bertz CT molecular complexity index is 216. The number of aromatic hydroxyl groups is 1. The Balaban J connectivity index is 3.17. The molecule has 1 heteroatoms. The normalized spacial score (nSPS) is 9.56. The summed E-state index contributed by atoms with van der Waals surface area (Å²) in [6.07, 6.45) is 0. The summed E-state index contributed by atoms with van der Waals surface area (Å²) in [5.74, 6) is 0.264. The molecule has 0 aliphatic rings. The van der Waals surface area contributed by atoms with Crippen molar-refractivity contribution in [3.63, 3.8) is 0 Å². The number of hydrogen-bond donors (Lipinski definition) is 1. The van der Waals surface area contributed by atoms with Gasteiger partial charge >= 0.3 is 0 Å². The lowest BCUT2D eigenvalue weighted by Gasteiger charge is -1.96. The van der Waals surface area contributed by atoms with Crippen LogP contribution in [-0.4, -0.2) is 5.11 Å². The fraction of sp³-hybridized carbons (Fsp3) is 0.125. The number of phenols is 1. The van der Waals surface area contributed by atoms with Crippen molar-refractivity contribution in [2.45, 2.75) is 6.92 Å². The van der Waals surface area contributed by atoms with Crippen molar-refractivity contribution in [3.8, 4) is 5.75 Å². The zero-order chi connectivity index (χ0) is 6.85. The number of hydrogen-bond acceptors (Lipinski definition) is 1. The molecule has 0 spiro atoms. The summed E-state index contributed by atoms with van der Waals surface area (Å²) in [7, 11) is 0. The van der Waals surface area contributed by atoms with Crippen LogP contribution >= 0.6 is 0 Å². The molecule has 47 valence electrons. The van der Waals surface area contributed by atoms with Crippen LogP contribution in [0.15, 0.2) is 18.2 Å². The third-order valence-electron chi connectivity index (χ3n) is 1.23. The molecular formula is C8H9O. The van der Waals surface area contributed by atoms with Crippen molar-refractivity contribution >= 4 is 0 Å². The van der Waals surface area contributed by atoms with Gasteiger partial charge in [-0.05, 0) is 25.5 Å². The SMILES string of the molecule is [CH2]c1cc(C)ccc1O. The van der Waals surface area contributed by atoms with Gasteiger partial charge in [0.15, 0.2) is 0 Å². The molecule has 0 saturated heterocycles. The zero-order valence-electron chi connectivity index (χ0n) is 5.39. The third kappa shape index (κ3) is 1.22. The Morgan fingerprint density at radius 2 is 2.11 bits per heavy atom. The standard InChI is InChI=1S/C8H9O/c1-6-3-4-8(9)7(2)5-6/h3-5,9H,2H2,1H3. The second-order valence-electron chi connectivity index (χ2n) is 2.13. The smallest absolute Gasteiger partial charge is 0.118 e. The Hall–Kier alpha value is -0.980. The van der Waals surface area contributed by atoms with E-state index in [-0.39, 0.29) is 5.75 Å². The van der Waals surface area contributed by atoms with Gasteiger partial charge in [0, 0.05) is 0 Å². The van der Waals surface area contributed by atoms with Crippen molar-refractivity contribution < 1.29 is 5.11 Å². The van der Waals surface area contributed by atoms with Crippen molar-refractivity contribution in [1.29, 1.82) is 0 Å². The Kier molecular flexibility index (Phi) is 1.43. The van der Waals surface area contributed by atoms with Crippen molar-refractivity contribution in [2.24, 2.45) is 0 Å². The molecule has 0 heterocycles. The molecule has 1 rings (SSSR count). The first-order valence-electron chi connectivity index (χ1n) is 2.82. The number of rotatable bonds is 0. The van der Waals surface area contributed by atoms with Gasteiger partial charge in [0.2, 0.25) is 0 Å². The maximum Gasteiger partial charge on any atom is 0.118 e. The van der Waals surface area contributed by atoms with Crippen LogP contribution < -0.4 is 0 Å². The van der Waals surface area contributed by atoms with E-state index in [0.717, 1.165) is 5.56 Å². The second-order valence-corrected chi connectivity index (χ2v) is 2.13. The van der Waals surface area contributed by atoms with Crippen LogP contribution in [0.4, 0.5) is 0 Å². The quantitative estimate of drug-likeness (QED) is 0.555. The topological polar surface area (TPSA) is 20.2 Å². The summed E-state index contributed by atoms with van der Waals surface area (Å²) in [5, 5.41) is 8.98. The first kappa shape index (κ1) is 6.14. The molecule has 0 amide bonds. The molecule has 0 aliphatic heterocycles.